The van der Waals surface area contributed by atoms with Crippen LogP contribution in [0.1, 0.15) is 13.3 Å². The first-order valence-corrected chi connectivity index (χ1v) is 6.68. The summed E-state index contributed by atoms with van der Waals surface area (Å²) in [5, 5.41) is 10.5. The summed E-state index contributed by atoms with van der Waals surface area (Å²) in [6.45, 7) is 2.05. The van der Waals surface area contributed by atoms with E-state index in [1.807, 2.05) is 0 Å². The Hall–Kier alpha value is -1.18. The van der Waals surface area contributed by atoms with Crippen molar-refractivity contribution < 1.29 is 13.3 Å². The molecule has 0 saturated heterocycles. The van der Waals surface area contributed by atoms with E-state index in [9.17, 15) is 18.5 Å². The van der Waals surface area contributed by atoms with Gasteiger partial charge < -0.3 is 0 Å². The Kier molecular flexibility index (Phi) is 4.44. The lowest BCUT2D eigenvalue weighted by atomic mass is 10.3. The van der Waals surface area contributed by atoms with Gasteiger partial charge in [-0.25, -0.2) is 13.1 Å². The van der Waals surface area contributed by atoms with Crippen molar-refractivity contribution in [2.45, 2.75) is 18.2 Å². The Morgan fingerprint density at radius 3 is 2.65 bits per heavy atom. The van der Waals surface area contributed by atoms with Crippen molar-refractivity contribution in [2.75, 3.05) is 6.54 Å². The van der Waals surface area contributed by atoms with E-state index in [0.717, 1.165) is 12.1 Å². The van der Waals surface area contributed by atoms with Gasteiger partial charge >= 0.3 is 0 Å². The standard InChI is InChI=1S/C9H11ClN2O4S/c1-2-5-11-17(15,16)9-6-7(12(13)14)3-4-8(9)10/h3-4,6,11H,2,5H2,1H3. The van der Waals surface area contributed by atoms with Gasteiger partial charge in [0.1, 0.15) is 4.90 Å². The van der Waals surface area contributed by atoms with Crippen molar-refractivity contribution in [2.24, 2.45) is 0 Å². The summed E-state index contributed by atoms with van der Waals surface area (Å²) in [5.74, 6) is 0. The number of nitrogens with one attached hydrogen (secondary N) is 1. The SMILES string of the molecule is CCCNS(=O)(=O)c1cc([N+](=O)[O-])ccc1Cl. The van der Waals surface area contributed by atoms with Gasteiger partial charge in [-0.3, -0.25) is 10.1 Å². The molecule has 0 aliphatic heterocycles. The number of hydrogen-bond acceptors (Lipinski definition) is 4. The molecule has 8 heteroatoms. The topological polar surface area (TPSA) is 89.3 Å². The first kappa shape index (κ1) is 13.9. The zero-order chi connectivity index (χ0) is 13.1. The molecule has 94 valence electrons. The molecule has 17 heavy (non-hydrogen) atoms. The molecule has 0 saturated carbocycles. The Morgan fingerprint density at radius 1 is 1.47 bits per heavy atom. The third-order valence-electron chi connectivity index (χ3n) is 1.96. The number of benzene rings is 1. The van der Waals surface area contributed by atoms with Gasteiger partial charge in [0.15, 0.2) is 0 Å². The molecule has 0 aliphatic rings. The maximum atomic E-state index is 11.8. The van der Waals surface area contributed by atoms with E-state index in [0.29, 0.717) is 6.42 Å². The maximum absolute atomic E-state index is 11.8. The van der Waals surface area contributed by atoms with E-state index in [1.54, 1.807) is 6.92 Å². The maximum Gasteiger partial charge on any atom is 0.270 e. The number of hydrogen-bond donors (Lipinski definition) is 1. The normalized spacial score (nSPS) is 11.4. The fraction of sp³-hybridized carbons (Fsp3) is 0.333. The molecule has 0 amide bonds. The fourth-order valence-electron chi connectivity index (χ4n) is 1.13. The monoisotopic (exact) mass is 278 g/mol. The number of nitrogens with zero attached hydrogens (tertiary/aromatic N) is 1. The zero-order valence-corrected chi connectivity index (χ0v) is 10.6. The third kappa shape index (κ3) is 3.39. The van der Waals surface area contributed by atoms with Crippen LogP contribution < -0.4 is 4.72 Å². The highest BCUT2D eigenvalue weighted by atomic mass is 35.5. The number of rotatable bonds is 5. The van der Waals surface area contributed by atoms with Crippen LogP contribution in [-0.4, -0.2) is 19.9 Å². The van der Waals surface area contributed by atoms with Crippen LogP contribution in [0.4, 0.5) is 5.69 Å². The molecule has 0 aromatic heterocycles. The second-order valence-corrected chi connectivity index (χ2v) is 5.41. The molecule has 1 N–H and O–H groups in total. The number of halogens is 1. The molecule has 0 spiro atoms. The van der Waals surface area contributed by atoms with Crippen LogP contribution in [0.15, 0.2) is 23.1 Å². The van der Waals surface area contributed by atoms with Gasteiger partial charge in [-0.2, -0.15) is 0 Å². The van der Waals surface area contributed by atoms with Crippen molar-refractivity contribution in [3.05, 3.63) is 33.3 Å². The molecule has 0 unspecified atom stereocenters. The summed E-state index contributed by atoms with van der Waals surface area (Å²) in [5.41, 5.74) is -0.314. The molecule has 0 atom stereocenters. The van der Waals surface area contributed by atoms with E-state index >= 15 is 0 Å². The molecule has 0 fully saturated rings. The molecule has 1 aromatic carbocycles. The van der Waals surface area contributed by atoms with Crippen LogP contribution in [0.2, 0.25) is 5.02 Å². The highest BCUT2D eigenvalue weighted by Gasteiger charge is 2.20. The van der Waals surface area contributed by atoms with Crippen LogP contribution in [0.5, 0.6) is 0 Å². The smallest absolute Gasteiger partial charge is 0.258 e. The Bertz CT molecular complexity index is 530. The molecule has 6 nitrogen and oxygen atoms in total. The van der Waals surface area contributed by atoms with Crippen LogP contribution in [-0.2, 0) is 10.0 Å². The Morgan fingerprint density at radius 2 is 2.12 bits per heavy atom. The zero-order valence-electron chi connectivity index (χ0n) is 9.01. The van der Waals surface area contributed by atoms with E-state index < -0.39 is 14.9 Å². The predicted octanol–water partition coefficient (Wildman–Crippen LogP) is 1.94. The number of non-ortho nitro benzene ring substituents is 1. The van der Waals surface area contributed by atoms with Crippen molar-refractivity contribution in [3.8, 4) is 0 Å². The molecular formula is C9H11ClN2O4S. The molecule has 0 bridgehead atoms. The summed E-state index contributed by atoms with van der Waals surface area (Å²) in [7, 11) is -3.80. The van der Waals surface area contributed by atoms with Crippen LogP contribution in [0.3, 0.4) is 0 Å². The number of sulfonamides is 1. The fourth-order valence-corrected chi connectivity index (χ4v) is 2.78. The number of nitro groups is 1. The predicted molar refractivity (Wildman–Crippen MR) is 63.6 cm³/mol. The van der Waals surface area contributed by atoms with Gasteiger partial charge in [0.2, 0.25) is 10.0 Å². The van der Waals surface area contributed by atoms with E-state index in [4.69, 9.17) is 11.6 Å². The Balaban J connectivity index is 3.20. The molecular weight excluding hydrogens is 268 g/mol. The lowest BCUT2D eigenvalue weighted by molar-refractivity contribution is -0.385. The van der Waals surface area contributed by atoms with Gasteiger partial charge in [-0.1, -0.05) is 18.5 Å². The molecule has 0 radical (unpaired) electrons. The molecule has 0 aliphatic carbocycles. The summed E-state index contributed by atoms with van der Waals surface area (Å²) in [6.07, 6.45) is 0.617. The summed E-state index contributed by atoms with van der Waals surface area (Å²) >= 11 is 5.72. The highest BCUT2D eigenvalue weighted by molar-refractivity contribution is 7.89. The summed E-state index contributed by atoms with van der Waals surface area (Å²) < 4.78 is 25.8. The second kappa shape index (κ2) is 5.44. The second-order valence-electron chi connectivity index (χ2n) is 3.27. The van der Waals surface area contributed by atoms with Gasteiger partial charge in [0.25, 0.3) is 5.69 Å². The molecule has 1 rings (SSSR count). The van der Waals surface area contributed by atoms with Crippen molar-refractivity contribution in [1.29, 1.82) is 0 Å². The summed E-state index contributed by atoms with van der Waals surface area (Å²) in [6, 6.07) is 3.29. The minimum absolute atomic E-state index is 0.0424. The third-order valence-corrected chi connectivity index (χ3v) is 3.90. The average molecular weight is 279 g/mol. The van der Waals surface area contributed by atoms with Crippen LogP contribution in [0, 0.1) is 10.1 Å². The Labute approximate surface area is 104 Å². The lowest BCUT2D eigenvalue weighted by Crippen LogP contribution is -2.24. The van der Waals surface area contributed by atoms with Gasteiger partial charge in [-0.05, 0) is 12.5 Å². The van der Waals surface area contributed by atoms with Crippen LogP contribution in [0.25, 0.3) is 0 Å². The van der Waals surface area contributed by atoms with E-state index in [2.05, 4.69) is 4.72 Å². The molecule has 1 aromatic rings. The molecule has 0 heterocycles. The van der Waals surface area contributed by atoms with Crippen molar-refractivity contribution >= 4 is 27.3 Å². The highest BCUT2D eigenvalue weighted by Crippen LogP contribution is 2.25. The van der Waals surface area contributed by atoms with Crippen molar-refractivity contribution in [3.63, 3.8) is 0 Å². The summed E-state index contributed by atoms with van der Waals surface area (Å²) in [4.78, 5) is 9.61. The van der Waals surface area contributed by atoms with Crippen LogP contribution >= 0.6 is 11.6 Å². The first-order valence-electron chi connectivity index (χ1n) is 4.82. The van der Waals surface area contributed by atoms with Crippen molar-refractivity contribution in [1.82, 2.24) is 4.72 Å². The first-order chi connectivity index (χ1) is 7.88. The lowest BCUT2D eigenvalue weighted by Gasteiger charge is -2.06. The van der Waals surface area contributed by atoms with E-state index in [1.165, 1.54) is 6.07 Å². The average Bonchev–Trinajstić information content (AvgIpc) is 2.26. The van der Waals surface area contributed by atoms with E-state index in [-0.39, 0.29) is 22.2 Å². The minimum Gasteiger partial charge on any atom is -0.258 e. The van der Waals surface area contributed by atoms with Gasteiger partial charge in [-0.15, -0.1) is 0 Å². The van der Waals surface area contributed by atoms with Gasteiger partial charge in [0, 0.05) is 18.7 Å². The largest absolute Gasteiger partial charge is 0.270 e. The van der Waals surface area contributed by atoms with Gasteiger partial charge in [0.05, 0.1) is 9.95 Å². The quantitative estimate of drug-likeness (QED) is 0.658. The minimum atomic E-state index is -3.80. The number of nitro benzene ring substituents is 1.